The highest BCUT2D eigenvalue weighted by molar-refractivity contribution is 5.66. The average Bonchev–Trinajstić information content (AvgIpc) is 2.56. The summed E-state index contributed by atoms with van der Waals surface area (Å²) in [5.41, 5.74) is 12.1. The molecule has 3 aromatic rings. The van der Waals surface area contributed by atoms with Gasteiger partial charge in [-0.15, -0.1) is 0 Å². The first-order chi connectivity index (χ1) is 10.7. The van der Waals surface area contributed by atoms with Crippen molar-refractivity contribution in [1.82, 2.24) is 0 Å². The van der Waals surface area contributed by atoms with Crippen LogP contribution in [0, 0.1) is 18.8 Å². The van der Waals surface area contributed by atoms with Crippen LogP contribution in [-0.4, -0.2) is 0 Å². The fraction of sp³-hybridized carbons (Fsp3) is 0.0476. The number of nitrogens with two attached hydrogens (primary N) is 1. The van der Waals surface area contributed by atoms with E-state index >= 15 is 0 Å². The van der Waals surface area contributed by atoms with E-state index in [4.69, 9.17) is 5.73 Å². The van der Waals surface area contributed by atoms with Gasteiger partial charge >= 0.3 is 0 Å². The summed E-state index contributed by atoms with van der Waals surface area (Å²) in [7, 11) is 0. The van der Waals surface area contributed by atoms with Crippen molar-refractivity contribution in [2.24, 2.45) is 0 Å². The van der Waals surface area contributed by atoms with Crippen LogP contribution >= 0.6 is 0 Å². The molecule has 0 bridgehead atoms. The normalized spacial score (nSPS) is 9.86. The van der Waals surface area contributed by atoms with Crippen LogP contribution in [-0.2, 0) is 0 Å². The van der Waals surface area contributed by atoms with Gasteiger partial charge in [-0.3, -0.25) is 0 Å². The Morgan fingerprint density at radius 1 is 0.591 bits per heavy atom. The lowest BCUT2D eigenvalue weighted by molar-refractivity contribution is 1.46. The van der Waals surface area contributed by atoms with Gasteiger partial charge in [0, 0.05) is 16.8 Å². The summed E-state index contributed by atoms with van der Waals surface area (Å²) in [5.74, 6) is 6.39. The first-order valence-corrected chi connectivity index (χ1v) is 7.25. The molecule has 3 aromatic carbocycles. The van der Waals surface area contributed by atoms with E-state index in [1.807, 2.05) is 48.5 Å². The molecule has 0 amide bonds. The highest BCUT2D eigenvalue weighted by atomic mass is 14.5. The molecule has 22 heavy (non-hydrogen) atoms. The molecule has 0 radical (unpaired) electrons. The monoisotopic (exact) mass is 283 g/mol. The summed E-state index contributed by atoms with van der Waals surface area (Å²) in [6.07, 6.45) is 0. The second-order valence-corrected chi connectivity index (χ2v) is 5.32. The lowest BCUT2D eigenvalue weighted by Gasteiger charge is -2.02. The Balaban J connectivity index is 1.80. The number of aryl methyl sites for hydroxylation is 1. The maximum atomic E-state index is 5.71. The van der Waals surface area contributed by atoms with Crippen molar-refractivity contribution in [2.45, 2.75) is 6.92 Å². The highest BCUT2D eigenvalue weighted by Crippen LogP contribution is 2.20. The summed E-state index contributed by atoms with van der Waals surface area (Å²) >= 11 is 0. The molecule has 3 rings (SSSR count). The van der Waals surface area contributed by atoms with Crippen LogP contribution in [0.3, 0.4) is 0 Å². The molecule has 0 aliphatic carbocycles. The van der Waals surface area contributed by atoms with Crippen molar-refractivity contribution in [1.29, 1.82) is 0 Å². The minimum Gasteiger partial charge on any atom is -0.399 e. The van der Waals surface area contributed by atoms with Crippen LogP contribution in [0.4, 0.5) is 5.69 Å². The Morgan fingerprint density at radius 3 is 1.50 bits per heavy atom. The van der Waals surface area contributed by atoms with E-state index in [0.29, 0.717) is 0 Å². The van der Waals surface area contributed by atoms with Crippen LogP contribution in [0.25, 0.3) is 11.1 Å². The minimum atomic E-state index is 0.782. The molecule has 2 N–H and O–H groups in total. The third-order valence-electron chi connectivity index (χ3n) is 3.53. The van der Waals surface area contributed by atoms with Gasteiger partial charge in [-0.1, -0.05) is 53.8 Å². The van der Waals surface area contributed by atoms with Gasteiger partial charge in [0.1, 0.15) is 0 Å². The topological polar surface area (TPSA) is 26.0 Å². The van der Waals surface area contributed by atoms with E-state index in [1.165, 1.54) is 11.1 Å². The Bertz CT molecular complexity index is 814. The van der Waals surface area contributed by atoms with Crippen LogP contribution < -0.4 is 5.73 Å². The van der Waals surface area contributed by atoms with Crippen molar-refractivity contribution >= 4 is 5.69 Å². The number of anilines is 1. The van der Waals surface area contributed by atoms with E-state index in [2.05, 4.69) is 43.0 Å². The van der Waals surface area contributed by atoms with Crippen LogP contribution in [0.15, 0.2) is 72.8 Å². The van der Waals surface area contributed by atoms with Crippen molar-refractivity contribution in [3.63, 3.8) is 0 Å². The molecule has 0 aliphatic rings. The number of rotatable bonds is 1. The Labute approximate surface area is 131 Å². The molecule has 0 atom stereocenters. The number of hydrogen-bond donors (Lipinski definition) is 1. The lowest BCUT2D eigenvalue weighted by atomic mass is 10.0. The molecular formula is C21H17N. The fourth-order valence-corrected chi connectivity index (χ4v) is 2.20. The van der Waals surface area contributed by atoms with Gasteiger partial charge in [-0.05, 0) is 54.4 Å². The third-order valence-corrected chi connectivity index (χ3v) is 3.53. The number of benzene rings is 3. The molecular weight excluding hydrogens is 266 g/mol. The van der Waals surface area contributed by atoms with Gasteiger partial charge in [0.2, 0.25) is 0 Å². The van der Waals surface area contributed by atoms with E-state index in [-0.39, 0.29) is 0 Å². The van der Waals surface area contributed by atoms with Gasteiger partial charge < -0.3 is 5.73 Å². The second-order valence-electron chi connectivity index (χ2n) is 5.32. The Hall–Kier alpha value is -2.98. The molecule has 0 aliphatic heterocycles. The van der Waals surface area contributed by atoms with E-state index in [1.54, 1.807) is 0 Å². The minimum absolute atomic E-state index is 0.782. The molecule has 0 aromatic heterocycles. The smallest absolute Gasteiger partial charge is 0.0314 e. The molecule has 0 fully saturated rings. The maximum Gasteiger partial charge on any atom is 0.0314 e. The number of nitrogen functional groups attached to an aromatic ring is 1. The molecule has 1 heteroatoms. The van der Waals surface area contributed by atoms with Crippen molar-refractivity contribution in [2.75, 3.05) is 5.73 Å². The van der Waals surface area contributed by atoms with Crippen LogP contribution in [0.2, 0.25) is 0 Å². The highest BCUT2D eigenvalue weighted by Gasteiger charge is 1.97. The summed E-state index contributed by atoms with van der Waals surface area (Å²) in [4.78, 5) is 0. The molecule has 0 spiro atoms. The van der Waals surface area contributed by atoms with Crippen molar-refractivity contribution < 1.29 is 0 Å². The summed E-state index contributed by atoms with van der Waals surface area (Å²) in [5, 5.41) is 0. The third kappa shape index (κ3) is 3.37. The molecule has 0 heterocycles. The van der Waals surface area contributed by atoms with Gasteiger partial charge in [0.15, 0.2) is 0 Å². The molecule has 106 valence electrons. The van der Waals surface area contributed by atoms with Crippen LogP contribution in [0.1, 0.15) is 16.7 Å². The standard InChI is InChI=1S/C21H17N/c1-16-2-4-17(5-3-16)6-7-18-8-10-19(11-9-18)20-12-14-21(22)15-13-20/h2-5,8-15H,22H2,1H3. The summed E-state index contributed by atoms with van der Waals surface area (Å²) in [6, 6.07) is 24.4. The quantitative estimate of drug-likeness (QED) is 0.511. The molecule has 1 nitrogen and oxygen atoms in total. The SMILES string of the molecule is Cc1ccc(C#Cc2ccc(-c3ccc(N)cc3)cc2)cc1. The Morgan fingerprint density at radius 2 is 1.00 bits per heavy atom. The first-order valence-electron chi connectivity index (χ1n) is 7.25. The maximum absolute atomic E-state index is 5.71. The average molecular weight is 283 g/mol. The van der Waals surface area contributed by atoms with Gasteiger partial charge in [-0.2, -0.15) is 0 Å². The van der Waals surface area contributed by atoms with Crippen molar-refractivity contribution in [3.05, 3.63) is 89.5 Å². The molecule has 0 unspecified atom stereocenters. The first kappa shape index (κ1) is 14.0. The second kappa shape index (κ2) is 6.20. The van der Waals surface area contributed by atoms with E-state index < -0.39 is 0 Å². The van der Waals surface area contributed by atoms with Gasteiger partial charge in [0.25, 0.3) is 0 Å². The zero-order valence-electron chi connectivity index (χ0n) is 12.5. The predicted octanol–water partition coefficient (Wildman–Crippen LogP) is 4.64. The lowest BCUT2D eigenvalue weighted by Crippen LogP contribution is -1.84. The zero-order chi connectivity index (χ0) is 15.4. The Kier molecular flexibility index (Phi) is 3.94. The van der Waals surface area contributed by atoms with E-state index in [9.17, 15) is 0 Å². The van der Waals surface area contributed by atoms with Crippen LogP contribution in [0.5, 0.6) is 0 Å². The van der Waals surface area contributed by atoms with Gasteiger partial charge in [-0.25, -0.2) is 0 Å². The fourth-order valence-electron chi connectivity index (χ4n) is 2.20. The van der Waals surface area contributed by atoms with E-state index in [0.717, 1.165) is 22.4 Å². The summed E-state index contributed by atoms with van der Waals surface area (Å²) in [6.45, 7) is 2.08. The zero-order valence-corrected chi connectivity index (χ0v) is 12.5. The number of hydrogen-bond acceptors (Lipinski definition) is 1. The predicted molar refractivity (Wildman–Crippen MR) is 93.4 cm³/mol. The molecule has 0 saturated carbocycles. The molecule has 0 saturated heterocycles. The van der Waals surface area contributed by atoms with Gasteiger partial charge in [0.05, 0.1) is 0 Å². The largest absolute Gasteiger partial charge is 0.399 e. The van der Waals surface area contributed by atoms with Crippen molar-refractivity contribution in [3.8, 4) is 23.0 Å². The summed E-state index contributed by atoms with van der Waals surface area (Å²) < 4.78 is 0.